The summed E-state index contributed by atoms with van der Waals surface area (Å²) >= 11 is 1.61. The second-order valence-corrected chi connectivity index (χ2v) is 7.89. The van der Waals surface area contributed by atoms with Crippen LogP contribution in [0.5, 0.6) is 5.75 Å². The summed E-state index contributed by atoms with van der Waals surface area (Å²) in [6.45, 7) is 1.16. The molecule has 0 aromatic heterocycles. The minimum absolute atomic E-state index is 0.0804. The molecular formula is C21H22N2O3S. The lowest BCUT2D eigenvalue weighted by Gasteiger charge is -2.27. The van der Waals surface area contributed by atoms with Crippen molar-refractivity contribution in [3.05, 3.63) is 65.7 Å². The SMILES string of the molecule is O=C(NC[C@@H]1COc2ccccc2C1)[C@H]1CSCN1C(=O)c1ccccc1. The normalized spacial score (nSPS) is 21.3. The summed E-state index contributed by atoms with van der Waals surface area (Å²) in [5, 5.41) is 3.04. The van der Waals surface area contributed by atoms with Crippen molar-refractivity contribution >= 4 is 23.6 Å². The Morgan fingerprint density at radius 2 is 1.89 bits per heavy atom. The van der Waals surface area contributed by atoms with Crippen LogP contribution in [0.4, 0.5) is 0 Å². The molecule has 5 nitrogen and oxygen atoms in total. The lowest BCUT2D eigenvalue weighted by Crippen LogP contribution is -2.48. The Bertz CT molecular complexity index is 827. The first kappa shape index (κ1) is 17.9. The summed E-state index contributed by atoms with van der Waals surface area (Å²) in [4.78, 5) is 27.1. The van der Waals surface area contributed by atoms with Crippen LogP contribution in [0, 0.1) is 5.92 Å². The predicted octanol–water partition coefficient (Wildman–Crippen LogP) is 2.57. The average molecular weight is 382 g/mol. The molecule has 27 heavy (non-hydrogen) atoms. The number of benzene rings is 2. The minimum atomic E-state index is -0.417. The Hall–Kier alpha value is -2.47. The van der Waals surface area contributed by atoms with Crippen LogP contribution in [0.1, 0.15) is 15.9 Å². The van der Waals surface area contributed by atoms with Gasteiger partial charge in [0.15, 0.2) is 0 Å². The van der Waals surface area contributed by atoms with E-state index in [1.165, 1.54) is 5.56 Å². The van der Waals surface area contributed by atoms with E-state index in [4.69, 9.17) is 4.74 Å². The van der Waals surface area contributed by atoms with Crippen molar-refractivity contribution in [2.24, 2.45) is 5.92 Å². The zero-order valence-electron chi connectivity index (χ0n) is 15.0. The monoisotopic (exact) mass is 382 g/mol. The van der Waals surface area contributed by atoms with Gasteiger partial charge in [0.2, 0.25) is 5.91 Å². The lowest BCUT2D eigenvalue weighted by atomic mass is 9.96. The molecule has 4 rings (SSSR count). The third kappa shape index (κ3) is 3.95. The molecule has 0 unspecified atom stereocenters. The standard InChI is InChI=1S/C21H22N2O3S/c24-20(22-11-15-10-17-8-4-5-9-19(17)26-12-15)18-13-27-14-23(18)21(25)16-6-2-1-3-7-16/h1-9,15,18H,10-14H2,(H,22,24)/t15-,18-/m1/s1. The van der Waals surface area contributed by atoms with E-state index in [0.717, 1.165) is 12.2 Å². The van der Waals surface area contributed by atoms with Crippen LogP contribution in [-0.2, 0) is 11.2 Å². The highest BCUT2D eigenvalue weighted by molar-refractivity contribution is 7.99. The fourth-order valence-electron chi connectivity index (χ4n) is 3.49. The Kier molecular flexibility index (Phi) is 5.34. The zero-order chi connectivity index (χ0) is 18.6. The topological polar surface area (TPSA) is 58.6 Å². The van der Waals surface area contributed by atoms with Gasteiger partial charge in [-0.15, -0.1) is 11.8 Å². The number of amides is 2. The van der Waals surface area contributed by atoms with E-state index in [-0.39, 0.29) is 17.7 Å². The molecule has 2 atom stereocenters. The van der Waals surface area contributed by atoms with Gasteiger partial charge in [0.05, 0.1) is 12.5 Å². The van der Waals surface area contributed by atoms with Crippen LogP contribution in [0.2, 0.25) is 0 Å². The number of carbonyl (C=O) groups excluding carboxylic acids is 2. The van der Waals surface area contributed by atoms with Gasteiger partial charge in [0, 0.05) is 23.8 Å². The number of hydrogen-bond acceptors (Lipinski definition) is 4. The molecule has 2 aliphatic rings. The van der Waals surface area contributed by atoms with Crippen LogP contribution >= 0.6 is 11.8 Å². The third-order valence-corrected chi connectivity index (χ3v) is 6.00. The molecule has 2 amide bonds. The maximum absolute atomic E-state index is 12.7. The van der Waals surface area contributed by atoms with Gasteiger partial charge in [-0.1, -0.05) is 36.4 Å². The summed E-state index contributed by atoms with van der Waals surface area (Å²) < 4.78 is 5.79. The summed E-state index contributed by atoms with van der Waals surface area (Å²) in [7, 11) is 0. The molecule has 2 aromatic rings. The number of rotatable bonds is 4. The number of carbonyl (C=O) groups is 2. The Balaban J connectivity index is 1.35. The van der Waals surface area contributed by atoms with E-state index in [9.17, 15) is 9.59 Å². The highest BCUT2D eigenvalue weighted by Gasteiger charge is 2.35. The predicted molar refractivity (Wildman–Crippen MR) is 106 cm³/mol. The van der Waals surface area contributed by atoms with Crippen LogP contribution in [0.15, 0.2) is 54.6 Å². The average Bonchev–Trinajstić information content (AvgIpc) is 3.22. The summed E-state index contributed by atoms with van der Waals surface area (Å²) in [6.07, 6.45) is 0.891. The number of ether oxygens (including phenoxy) is 1. The molecule has 1 saturated heterocycles. The summed E-state index contributed by atoms with van der Waals surface area (Å²) in [5.74, 6) is 2.20. The summed E-state index contributed by atoms with van der Waals surface area (Å²) in [6, 6.07) is 16.7. The van der Waals surface area contributed by atoms with Crippen molar-refractivity contribution in [3.63, 3.8) is 0 Å². The second-order valence-electron chi connectivity index (χ2n) is 6.89. The first-order valence-corrected chi connectivity index (χ1v) is 10.3. The number of nitrogens with one attached hydrogen (secondary N) is 1. The van der Waals surface area contributed by atoms with E-state index in [1.807, 2.05) is 36.4 Å². The van der Waals surface area contributed by atoms with Gasteiger partial charge in [0.25, 0.3) is 5.91 Å². The minimum Gasteiger partial charge on any atom is -0.493 e. The molecule has 140 valence electrons. The van der Waals surface area contributed by atoms with Gasteiger partial charge in [-0.3, -0.25) is 9.59 Å². The first-order chi connectivity index (χ1) is 13.2. The Morgan fingerprint density at radius 3 is 2.74 bits per heavy atom. The van der Waals surface area contributed by atoms with Crippen LogP contribution < -0.4 is 10.1 Å². The van der Waals surface area contributed by atoms with Crippen molar-refractivity contribution in [1.29, 1.82) is 0 Å². The fourth-order valence-corrected chi connectivity index (χ4v) is 4.65. The number of fused-ring (bicyclic) bond motifs is 1. The molecule has 2 heterocycles. The highest BCUT2D eigenvalue weighted by atomic mass is 32.2. The summed E-state index contributed by atoms with van der Waals surface area (Å²) in [5.41, 5.74) is 1.80. The van der Waals surface area contributed by atoms with Crippen molar-refractivity contribution < 1.29 is 14.3 Å². The Labute approximate surface area is 163 Å². The molecule has 0 bridgehead atoms. The van der Waals surface area contributed by atoms with E-state index in [2.05, 4.69) is 11.4 Å². The zero-order valence-corrected chi connectivity index (χ0v) is 15.8. The maximum Gasteiger partial charge on any atom is 0.255 e. The van der Waals surface area contributed by atoms with Crippen molar-refractivity contribution in [2.75, 3.05) is 24.8 Å². The van der Waals surface area contributed by atoms with E-state index >= 15 is 0 Å². The molecular weight excluding hydrogens is 360 g/mol. The molecule has 2 aromatic carbocycles. The van der Waals surface area contributed by atoms with Crippen LogP contribution in [0.3, 0.4) is 0 Å². The van der Waals surface area contributed by atoms with Gasteiger partial charge in [-0.25, -0.2) is 0 Å². The maximum atomic E-state index is 12.7. The quantitative estimate of drug-likeness (QED) is 0.883. The molecule has 0 spiro atoms. The van der Waals surface area contributed by atoms with Gasteiger partial charge >= 0.3 is 0 Å². The molecule has 1 fully saturated rings. The number of para-hydroxylation sites is 1. The largest absolute Gasteiger partial charge is 0.493 e. The number of hydrogen-bond donors (Lipinski definition) is 1. The second kappa shape index (κ2) is 8.05. The lowest BCUT2D eigenvalue weighted by molar-refractivity contribution is -0.124. The first-order valence-electron chi connectivity index (χ1n) is 9.14. The fraction of sp³-hybridized carbons (Fsp3) is 0.333. The van der Waals surface area contributed by atoms with E-state index in [0.29, 0.717) is 30.3 Å². The number of nitrogens with zero attached hydrogens (tertiary/aromatic N) is 1. The van der Waals surface area contributed by atoms with Gasteiger partial charge < -0.3 is 15.0 Å². The van der Waals surface area contributed by atoms with E-state index < -0.39 is 6.04 Å². The van der Waals surface area contributed by atoms with Crippen LogP contribution in [-0.4, -0.2) is 47.5 Å². The molecule has 0 aliphatic carbocycles. The molecule has 2 aliphatic heterocycles. The highest BCUT2D eigenvalue weighted by Crippen LogP contribution is 2.27. The molecule has 1 N–H and O–H groups in total. The van der Waals surface area contributed by atoms with Crippen molar-refractivity contribution in [1.82, 2.24) is 10.2 Å². The van der Waals surface area contributed by atoms with Gasteiger partial charge in [0.1, 0.15) is 11.8 Å². The third-order valence-electron chi connectivity index (χ3n) is 4.99. The van der Waals surface area contributed by atoms with Gasteiger partial charge in [-0.05, 0) is 30.2 Å². The number of thioether (sulfide) groups is 1. The van der Waals surface area contributed by atoms with Crippen LogP contribution in [0.25, 0.3) is 0 Å². The van der Waals surface area contributed by atoms with Crippen molar-refractivity contribution in [3.8, 4) is 5.75 Å². The molecule has 0 saturated carbocycles. The Morgan fingerprint density at radius 1 is 1.11 bits per heavy atom. The molecule has 0 radical (unpaired) electrons. The van der Waals surface area contributed by atoms with E-state index in [1.54, 1.807) is 28.8 Å². The van der Waals surface area contributed by atoms with Crippen molar-refractivity contribution in [2.45, 2.75) is 12.5 Å². The smallest absolute Gasteiger partial charge is 0.255 e. The van der Waals surface area contributed by atoms with Gasteiger partial charge in [-0.2, -0.15) is 0 Å². The molecule has 6 heteroatoms.